The maximum Gasteiger partial charge on any atom is 0.259 e. The van der Waals surface area contributed by atoms with Crippen molar-refractivity contribution in [2.45, 2.75) is 5.16 Å². The number of aromatic nitrogens is 5. The van der Waals surface area contributed by atoms with Crippen molar-refractivity contribution in [2.75, 3.05) is 18.7 Å². The molecule has 152 valence electrons. The number of hydrogen-bond acceptors (Lipinski definition) is 6. The Hall–Kier alpha value is -3.30. The molecule has 0 aliphatic carbocycles. The minimum Gasteiger partial charge on any atom is -0.496 e. The fourth-order valence-electron chi connectivity index (χ4n) is 2.96. The molecule has 4 aromatic rings. The van der Waals surface area contributed by atoms with E-state index in [1.54, 1.807) is 28.9 Å². The van der Waals surface area contributed by atoms with Gasteiger partial charge in [-0.15, -0.1) is 5.10 Å². The van der Waals surface area contributed by atoms with Crippen LogP contribution in [0, 0.1) is 0 Å². The third-order valence-electron chi connectivity index (χ3n) is 4.37. The lowest BCUT2D eigenvalue weighted by atomic mass is 10.1. The number of ether oxygens (including phenoxy) is 1. The minimum absolute atomic E-state index is 0.330. The summed E-state index contributed by atoms with van der Waals surface area (Å²) in [7, 11) is 1.52. The van der Waals surface area contributed by atoms with Crippen LogP contribution in [0.5, 0.6) is 5.75 Å². The summed E-state index contributed by atoms with van der Waals surface area (Å²) in [4.78, 5) is 13.0. The summed E-state index contributed by atoms with van der Waals surface area (Å²) in [6, 6.07) is 14.4. The van der Waals surface area contributed by atoms with Crippen molar-refractivity contribution in [2.24, 2.45) is 0 Å². The Morgan fingerprint density at radius 2 is 1.97 bits per heavy atom. The van der Waals surface area contributed by atoms with Crippen LogP contribution in [0.25, 0.3) is 11.4 Å². The highest BCUT2D eigenvalue weighted by Gasteiger charge is 2.17. The molecule has 0 saturated carbocycles. The van der Waals surface area contributed by atoms with E-state index in [1.807, 2.05) is 47.5 Å². The van der Waals surface area contributed by atoms with Gasteiger partial charge in [0.05, 0.1) is 29.1 Å². The maximum absolute atomic E-state index is 13.0. The predicted molar refractivity (Wildman–Crippen MR) is 116 cm³/mol. The van der Waals surface area contributed by atoms with Crippen LogP contribution in [0.1, 0.15) is 10.4 Å². The molecule has 0 aliphatic heterocycles. The molecule has 2 aromatic carbocycles. The fourth-order valence-corrected chi connectivity index (χ4v) is 3.66. The monoisotopic (exact) mass is 440 g/mol. The van der Waals surface area contributed by atoms with Gasteiger partial charge >= 0.3 is 0 Å². The predicted octanol–water partition coefficient (Wildman–Crippen LogP) is 4.09. The lowest BCUT2D eigenvalue weighted by molar-refractivity contribution is 0.102. The first kappa shape index (κ1) is 20.0. The molecule has 8 nitrogen and oxygen atoms in total. The molecule has 30 heavy (non-hydrogen) atoms. The van der Waals surface area contributed by atoms with Crippen LogP contribution in [-0.2, 0) is 0 Å². The van der Waals surface area contributed by atoms with Crippen LogP contribution < -0.4 is 10.1 Å². The Morgan fingerprint density at radius 3 is 2.70 bits per heavy atom. The van der Waals surface area contributed by atoms with Gasteiger partial charge in [0.25, 0.3) is 5.91 Å². The number of nitrogens with one attached hydrogen (secondary N) is 1. The second-order valence-electron chi connectivity index (χ2n) is 6.18. The van der Waals surface area contributed by atoms with E-state index < -0.39 is 0 Å². The zero-order valence-corrected chi connectivity index (χ0v) is 17.7. The van der Waals surface area contributed by atoms with E-state index in [9.17, 15) is 4.79 Å². The van der Waals surface area contributed by atoms with E-state index in [-0.39, 0.29) is 5.91 Å². The van der Waals surface area contributed by atoms with Gasteiger partial charge < -0.3 is 14.6 Å². The lowest BCUT2D eigenvalue weighted by Crippen LogP contribution is -2.14. The molecule has 0 spiro atoms. The van der Waals surface area contributed by atoms with Gasteiger partial charge in [0.1, 0.15) is 5.75 Å². The third-order valence-corrected chi connectivity index (χ3v) is 5.29. The van der Waals surface area contributed by atoms with Crippen LogP contribution >= 0.6 is 23.4 Å². The van der Waals surface area contributed by atoms with E-state index in [1.165, 1.54) is 18.9 Å². The molecule has 10 heteroatoms. The number of hydrogen-bond donors (Lipinski definition) is 1. The molecule has 2 aromatic heterocycles. The largest absolute Gasteiger partial charge is 0.496 e. The fraction of sp³-hybridized carbons (Fsp3) is 0.100. The molecule has 0 unspecified atom stereocenters. The zero-order valence-electron chi connectivity index (χ0n) is 16.1. The first-order valence-corrected chi connectivity index (χ1v) is 10.5. The minimum atomic E-state index is -0.341. The average Bonchev–Trinajstić information content (AvgIpc) is 3.45. The van der Waals surface area contributed by atoms with E-state index in [0.717, 1.165) is 11.4 Å². The van der Waals surface area contributed by atoms with E-state index in [4.69, 9.17) is 16.3 Å². The van der Waals surface area contributed by atoms with Gasteiger partial charge in [-0.25, -0.2) is 0 Å². The number of anilines is 1. The normalized spacial score (nSPS) is 10.8. The van der Waals surface area contributed by atoms with Crippen molar-refractivity contribution >= 4 is 35.0 Å². The maximum atomic E-state index is 13.0. The van der Waals surface area contributed by atoms with Crippen LogP contribution in [0.2, 0.25) is 5.02 Å². The summed E-state index contributed by atoms with van der Waals surface area (Å²) in [5.41, 5.74) is 2.37. The number of nitrogens with zero attached hydrogens (tertiary/aromatic N) is 5. The number of carbonyl (C=O) groups is 1. The highest BCUT2D eigenvalue weighted by molar-refractivity contribution is 7.98. The Kier molecular flexibility index (Phi) is 5.73. The van der Waals surface area contributed by atoms with Crippen molar-refractivity contribution in [3.63, 3.8) is 0 Å². The van der Waals surface area contributed by atoms with Crippen molar-refractivity contribution in [1.29, 1.82) is 0 Å². The van der Waals surface area contributed by atoms with Crippen molar-refractivity contribution in [3.05, 3.63) is 71.5 Å². The summed E-state index contributed by atoms with van der Waals surface area (Å²) in [6.45, 7) is 0. The first-order chi connectivity index (χ1) is 14.6. The van der Waals surface area contributed by atoms with Gasteiger partial charge in [-0.2, -0.15) is 4.68 Å². The van der Waals surface area contributed by atoms with Gasteiger partial charge in [0.2, 0.25) is 5.16 Å². The topological polar surface area (TPSA) is 86.9 Å². The van der Waals surface area contributed by atoms with E-state index in [2.05, 4.69) is 20.8 Å². The number of rotatable bonds is 6. The van der Waals surface area contributed by atoms with Crippen molar-refractivity contribution in [3.8, 4) is 17.1 Å². The highest BCUT2D eigenvalue weighted by atomic mass is 35.5. The second kappa shape index (κ2) is 8.60. The number of methoxy groups -OCH3 is 1. The van der Waals surface area contributed by atoms with Crippen LogP contribution in [0.4, 0.5) is 5.69 Å². The van der Waals surface area contributed by atoms with Crippen molar-refractivity contribution in [1.82, 2.24) is 24.8 Å². The molecule has 0 fully saturated rings. The molecule has 0 radical (unpaired) electrons. The molecule has 4 rings (SSSR count). The van der Waals surface area contributed by atoms with Gasteiger partial charge in [-0.1, -0.05) is 29.4 Å². The standard InChI is InChI=1S/C20H17ClN6O2S/c1-29-18-12-17(26-8-3-4-9-26)16(21)11-15(18)19(28)22-13-6-5-7-14(10-13)27-20(30-2)23-24-25-27/h3-12H,1-2H3,(H,22,28). The Bertz CT molecular complexity index is 1190. The lowest BCUT2D eigenvalue weighted by Gasteiger charge is -2.14. The van der Waals surface area contributed by atoms with Crippen molar-refractivity contribution < 1.29 is 9.53 Å². The summed E-state index contributed by atoms with van der Waals surface area (Å²) in [6.07, 6.45) is 5.63. The molecule has 0 atom stereocenters. The van der Waals surface area contributed by atoms with Gasteiger partial charge in [0.15, 0.2) is 0 Å². The number of carbonyl (C=O) groups excluding carboxylic acids is 1. The average molecular weight is 441 g/mol. The van der Waals surface area contributed by atoms with Crippen LogP contribution in [0.15, 0.2) is 66.1 Å². The second-order valence-corrected chi connectivity index (χ2v) is 7.36. The first-order valence-electron chi connectivity index (χ1n) is 8.85. The number of halogens is 1. The molecule has 0 bridgehead atoms. The quantitative estimate of drug-likeness (QED) is 0.454. The summed E-state index contributed by atoms with van der Waals surface area (Å²) in [5, 5.41) is 15.6. The molecule has 0 saturated heterocycles. The molecule has 0 aliphatic rings. The van der Waals surface area contributed by atoms with Gasteiger partial charge in [-0.05, 0) is 53.1 Å². The molecule has 2 heterocycles. The number of tetrazole rings is 1. The van der Waals surface area contributed by atoms with Crippen LogP contribution in [0.3, 0.4) is 0 Å². The van der Waals surface area contributed by atoms with Crippen LogP contribution in [-0.4, -0.2) is 44.0 Å². The molecular formula is C20H17ClN6O2S. The summed E-state index contributed by atoms with van der Waals surface area (Å²) in [5.74, 6) is 0.0775. The summed E-state index contributed by atoms with van der Waals surface area (Å²) < 4.78 is 8.90. The Balaban J connectivity index is 1.63. The highest BCUT2D eigenvalue weighted by Crippen LogP contribution is 2.30. The number of thioether (sulfide) groups is 1. The molecular weight excluding hydrogens is 424 g/mol. The third kappa shape index (κ3) is 3.89. The van der Waals surface area contributed by atoms with Gasteiger partial charge in [-0.3, -0.25) is 4.79 Å². The van der Waals surface area contributed by atoms with Gasteiger partial charge in [0, 0.05) is 24.1 Å². The Morgan fingerprint density at radius 1 is 1.17 bits per heavy atom. The zero-order chi connectivity index (χ0) is 21.1. The summed E-state index contributed by atoms with van der Waals surface area (Å²) >= 11 is 7.87. The smallest absolute Gasteiger partial charge is 0.259 e. The number of amides is 1. The molecule has 1 amide bonds. The Labute approximate surface area is 181 Å². The number of benzene rings is 2. The van der Waals surface area contributed by atoms with E-state index >= 15 is 0 Å². The SMILES string of the molecule is COc1cc(-n2cccc2)c(Cl)cc1C(=O)Nc1cccc(-n2nnnc2SC)c1. The van der Waals surface area contributed by atoms with E-state index in [0.29, 0.717) is 27.2 Å². The molecule has 1 N–H and O–H groups in total.